The molecule has 1 aromatic heterocycles. The molecule has 0 radical (unpaired) electrons. The molecule has 2 aliphatic heterocycles. The number of aryl methyl sites for hydroxylation is 1. The Hall–Kier alpha value is -1.76. The first-order valence-corrected chi connectivity index (χ1v) is 10.9. The molecule has 2 fully saturated rings. The third-order valence-corrected chi connectivity index (χ3v) is 6.35. The molecular weight excluding hydrogens is 367 g/mol. The molecule has 1 aromatic carbocycles. The number of ether oxygens (including phenoxy) is 1. The zero-order valence-corrected chi connectivity index (χ0v) is 17.5. The summed E-state index contributed by atoms with van der Waals surface area (Å²) in [7, 11) is 2.06. The smallest absolute Gasteiger partial charge is 0.127 e. The Morgan fingerprint density at radius 2 is 2.00 bits per heavy atom. The van der Waals surface area contributed by atoms with Gasteiger partial charge in [0, 0.05) is 51.2 Å². The lowest BCUT2D eigenvalue weighted by atomic mass is 9.95. The Kier molecular flexibility index (Phi) is 6.95. The summed E-state index contributed by atoms with van der Waals surface area (Å²) in [4.78, 5) is 9.45. The minimum Gasteiger partial charge on any atom is -0.377 e. The lowest BCUT2D eigenvalue weighted by Crippen LogP contribution is -2.41. The minimum absolute atomic E-state index is 0.0903. The zero-order chi connectivity index (χ0) is 20.1. The highest BCUT2D eigenvalue weighted by atomic mass is 19.1. The average molecular weight is 401 g/mol. The van der Waals surface area contributed by atoms with Crippen molar-refractivity contribution in [2.45, 2.75) is 44.9 Å². The summed E-state index contributed by atoms with van der Waals surface area (Å²) in [5, 5.41) is 0. The van der Waals surface area contributed by atoms with Crippen LogP contribution in [0, 0.1) is 11.7 Å². The van der Waals surface area contributed by atoms with Crippen molar-refractivity contribution >= 4 is 0 Å². The summed E-state index contributed by atoms with van der Waals surface area (Å²) in [6.07, 6.45) is 8.92. The fourth-order valence-corrected chi connectivity index (χ4v) is 4.59. The Bertz CT molecular complexity index is 766. The predicted octanol–water partition coefficient (Wildman–Crippen LogP) is 3.45. The Morgan fingerprint density at radius 3 is 2.69 bits per heavy atom. The quantitative estimate of drug-likeness (QED) is 0.680. The van der Waals surface area contributed by atoms with Crippen molar-refractivity contribution in [3.05, 3.63) is 53.9 Å². The summed E-state index contributed by atoms with van der Waals surface area (Å²) in [5.41, 5.74) is 0.806. The number of aromatic nitrogens is 2. The Labute approximate surface area is 173 Å². The first-order chi connectivity index (χ1) is 14.2. The second kappa shape index (κ2) is 9.83. The van der Waals surface area contributed by atoms with Crippen molar-refractivity contribution < 1.29 is 9.13 Å². The number of benzene rings is 1. The number of piperidine rings is 1. The van der Waals surface area contributed by atoms with E-state index in [1.54, 1.807) is 12.1 Å². The van der Waals surface area contributed by atoms with E-state index in [9.17, 15) is 4.39 Å². The van der Waals surface area contributed by atoms with Crippen molar-refractivity contribution in [2.75, 3.05) is 32.8 Å². The second-order valence-corrected chi connectivity index (χ2v) is 8.59. The molecule has 2 aromatic rings. The van der Waals surface area contributed by atoms with Crippen LogP contribution < -0.4 is 0 Å². The number of hydrogen-bond donors (Lipinski definition) is 0. The van der Waals surface area contributed by atoms with E-state index < -0.39 is 0 Å². The maximum atomic E-state index is 13.9. The van der Waals surface area contributed by atoms with Crippen molar-refractivity contribution in [1.29, 1.82) is 0 Å². The molecule has 158 valence electrons. The van der Waals surface area contributed by atoms with E-state index in [1.807, 2.05) is 24.5 Å². The van der Waals surface area contributed by atoms with Gasteiger partial charge in [-0.05, 0) is 50.8 Å². The highest BCUT2D eigenvalue weighted by Gasteiger charge is 2.25. The van der Waals surface area contributed by atoms with Crippen LogP contribution >= 0.6 is 0 Å². The van der Waals surface area contributed by atoms with Crippen LogP contribution in [0.15, 0.2) is 36.7 Å². The van der Waals surface area contributed by atoms with Crippen molar-refractivity contribution in [3.8, 4) is 0 Å². The Balaban J connectivity index is 1.30. The van der Waals surface area contributed by atoms with Crippen molar-refractivity contribution in [1.82, 2.24) is 19.4 Å². The van der Waals surface area contributed by atoms with Crippen LogP contribution in [0.4, 0.5) is 4.39 Å². The van der Waals surface area contributed by atoms with Gasteiger partial charge in [-0.15, -0.1) is 0 Å². The molecule has 3 heterocycles. The molecule has 0 amide bonds. The molecule has 0 bridgehead atoms. The molecule has 6 heteroatoms. The van der Waals surface area contributed by atoms with Gasteiger partial charge in [0.2, 0.25) is 0 Å². The summed E-state index contributed by atoms with van der Waals surface area (Å²) < 4.78 is 22.0. The predicted molar refractivity (Wildman–Crippen MR) is 112 cm³/mol. The summed E-state index contributed by atoms with van der Waals surface area (Å²) in [5.74, 6) is 1.70. The van der Waals surface area contributed by atoms with Crippen LogP contribution in [-0.4, -0.2) is 58.2 Å². The van der Waals surface area contributed by atoms with Gasteiger partial charge in [-0.3, -0.25) is 9.80 Å². The van der Waals surface area contributed by atoms with Crippen molar-refractivity contribution in [2.24, 2.45) is 13.0 Å². The molecule has 0 N–H and O–H groups in total. The van der Waals surface area contributed by atoms with Gasteiger partial charge in [0.15, 0.2) is 0 Å². The maximum absolute atomic E-state index is 13.9. The highest BCUT2D eigenvalue weighted by molar-refractivity contribution is 5.17. The van der Waals surface area contributed by atoms with E-state index in [4.69, 9.17) is 4.74 Å². The van der Waals surface area contributed by atoms with Gasteiger partial charge in [0.05, 0.1) is 12.6 Å². The number of halogens is 1. The number of likely N-dealkylation sites (tertiary alicyclic amines) is 1. The molecule has 5 nitrogen and oxygen atoms in total. The molecular formula is C23H33FN4O. The first kappa shape index (κ1) is 20.5. The topological polar surface area (TPSA) is 33.5 Å². The van der Waals surface area contributed by atoms with Crippen LogP contribution in [0.2, 0.25) is 0 Å². The Morgan fingerprint density at radius 1 is 1.17 bits per heavy atom. The molecule has 1 atom stereocenters. The lowest BCUT2D eigenvalue weighted by Gasteiger charge is -2.35. The summed E-state index contributed by atoms with van der Waals surface area (Å²) in [6.45, 7) is 6.63. The van der Waals surface area contributed by atoms with Gasteiger partial charge in [-0.25, -0.2) is 9.37 Å². The first-order valence-electron chi connectivity index (χ1n) is 10.9. The molecule has 2 saturated heterocycles. The normalized spacial score (nSPS) is 21.3. The fourth-order valence-electron chi connectivity index (χ4n) is 4.59. The van der Waals surface area contributed by atoms with Gasteiger partial charge >= 0.3 is 0 Å². The summed E-state index contributed by atoms with van der Waals surface area (Å²) in [6, 6.07) is 7.14. The molecule has 29 heavy (non-hydrogen) atoms. The van der Waals surface area contributed by atoms with Gasteiger partial charge in [-0.1, -0.05) is 18.2 Å². The van der Waals surface area contributed by atoms with E-state index >= 15 is 0 Å². The van der Waals surface area contributed by atoms with Gasteiger partial charge in [-0.2, -0.15) is 0 Å². The molecule has 0 unspecified atom stereocenters. The molecule has 0 aliphatic carbocycles. The van der Waals surface area contributed by atoms with Crippen LogP contribution in [0.3, 0.4) is 0 Å². The van der Waals surface area contributed by atoms with Crippen LogP contribution in [0.1, 0.15) is 37.1 Å². The third-order valence-electron chi connectivity index (χ3n) is 6.35. The van der Waals surface area contributed by atoms with E-state index in [1.165, 1.54) is 6.42 Å². The van der Waals surface area contributed by atoms with E-state index in [0.717, 1.165) is 70.0 Å². The minimum atomic E-state index is -0.0903. The third kappa shape index (κ3) is 5.65. The number of imidazole rings is 1. The van der Waals surface area contributed by atoms with Crippen LogP contribution in [0.5, 0.6) is 0 Å². The number of nitrogens with zero attached hydrogens (tertiary/aromatic N) is 4. The SMILES string of the molecule is Cn1ccnc1CN(CC1CCN(Cc2ccccc2F)CC1)C[C@@H]1CCCO1. The van der Waals surface area contributed by atoms with Crippen LogP contribution in [-0.2, 0) is 24.9 Å². The van der Waals surface area contributed by atoms with E-state index in [0.29, 0.717) is 18.6 Å². The van der Waals surface area contributed by atoms with E-state index in [2.05, 4.69) is 26.4 Å². The highest BCUT2D eigenvalue weighted by Crippen LogP contribution is 2.23. The molecule has 0 saturated carbocycles. The average Bonchev–Trinajstić information content (AvgIpc) is 3.37. The maximum Gasteiger partial charge on any atom is 0.127 e. The number of hydrogen-bond acceptors (Lipinski definition) is 4. The molecule has 4 rings (SSSR count). The van der Waals surface area contributed by atoms with Crippen LogP contribution in [0.25, 0.3) is 0 Å². The van der Waals surface area contributed by atoms with E-state index in [-0.39, 0.29) is 5.82 Å². The number of rotatable bonds is 8. The van der Waals surface area contributed by atoms with Gasteiger partial charge in [0.1, 0.15) is 11.6 Å². The van der Waals surface area contributed by atoms with Gasteiger partial charge < -0.3 is 9.30 Å². The fraction of sp³-hybridized carbons (Fsp3) is 0.609. The zero-order valence-electron chi connectivity index (χ0n) is 17.5. The molecule has 2 aliphatic rings. The summed E-state index contributed by atoms with van der Waals surface area (Å²) >= 11 is 0. The second-order valence-electron chi connectivity index (χ2n) is 8.59. The largest absolute Gasteiger partial charge is 0.377 e. The monoisotopic (exact) mass is 400 g/mol. The van der Waals surface area contributed by atoms with Gasteiger partial charge in [0.25, 0.3) is 0 Å². The lowest BCUT2D eigenvalue weighted by molar-refractivity contribution is 0.0556. The molecule has 0 spiro atoms. The van der Waals surface area contributed by atoms with Crippen molar-refractivity contribution in [3.63, 3.8) is 0 Å². The standard InChI is InChI=1S/C23H33FN4O/c1-26-13-10-25-23(26)18-28(17-21-6-4-14-29-21)15-19-8-11-27(12-9-19)16-20-5-2-3-7-22(20)24/h2-3,5,7,10,13,19,21H,4,6,8-9,11-12,14-18H2,1H3/t21-/m0/s1.